The first kappa shape index (κ1) is 61.8. The number of ketones is 3. The third kappa shape index (κ3) is 15.3. The van der Waals surface area contributed by atoms with Gasteiger partial charge in [0.15, 0.2) is 17.3 Å². The van der Waals surface area contributed by atoms with Gasteiger partial charge in [-0.05, 0) is 49.3 Å². The van der Waals surface area contributed by atoms with Crippen LogP contribution >= 0.6 is 21.6 Å². The molecule has 1 saturated heterocycles. The molecule has 24 nitrogen and oxygen atoms in total. The van der Waals surface area contributed by atoms with E-state index >= 15 is 13.8 Å². The molecule has 13 atom stereocenters. The van der Waals surface area contributed by atoms with E-state index in [1.54, 1.807) is 19.9 Å². The lowest BCUT2D eigenvalue weighted by atomic mass is 9.83. The smallest absolute Gasteiger partial charge is 0.243 e. The van der Waals surface area contributed by atoms with Crippen molar-refractivity contribution in [1.82, 2.24) is 41.8 Å². The van der Waals surface area contributed by atoms with Crippen molar-refractivity contribution in [1.29, 1.82) is 0 Å². The van der Waals surface area contributed by atoms with Crippen molar-refractivity contribution < 1.29 is 72.2 Å². The molecule has 1 aromatic heterocycles. The molecular formula is C51H73N9O15S3. The van der Waals surface area contributed by atoms with E-state index in [2.05, 4.69) is 36.9 Å². The zero-order chi connectivity index (χ0) is 57.2. The number of hydrogen-bond donors (Lipinski definition) is 11. The molecule has 0 spiro atoms. The summed E-state index contributed by atoms with van der Waals surface area (Å²) >= 11 is 0. The monoisotopic (exact) mass is 1150 g/mol. The Bertz CT molecular complexity index is 2640. The Labute approximate surface area is 462 Å². The van der Waals surface area contributed by atoms with Crippen LogP contribution < -0.4 is 42.4 Å². The van der Waals surface area contributed by atoms with Gasteiger partial charge in [0, 0.05) is 85.9 Å². The van der Waals surface area contributed by atoms with Gasteiger partial charge >= 0.3 is 0 Å². The first-order valence-electron chi connectivity index (χ1n) is 26.3. The van der Waals surface area contributed by atoms with Crippen molar-refractivity contribution in [2.75, 3.05) is 44.3 Å². The average molecular weight is 1150 g/mol. The quantitative estimate of drug-likeness (QED) is 0.0692. The van der Waals surface area contributed by atoms with Gasteiger partial charge < -0.3 is 62.7 Å². The molecule has 0 saturated carbocycles. The zero-order valence-electron chi connectivity index (χ0n) is 44.4. The number of aromatic nitrogens is 1. The second-order valence-corrected chi connectivity index (χ2v) is 25.1. The Balaban J connectivity index is 1.61. The van der Waals surface area contributed by atoms with Gasteiger partial charge in [-0.3, -0.25) is 52.2 Å². The molecule has 27 heteroatoms. The molecule has 7 amide bonds. The maximum Gasteiger partial charge on any atom is 0.243 e. The highest BCUT2D eigenvalue weighted by molar-refractivity contribution is 8.76. The summed E-state index contributed by atoms with van der Waals surface area (Å²) in [7, 11) is 0.689. The predicted molar refractivity (Wildman–Crippen MR) is 288 cm³/mol. The van der Waals surface area contributed by atoms with Crippen molar-refractivity contribution in [3.05, 3.63) is 23.8 Å². The van der Waals surface area contributed by atoms with Crippen LogP contribution in [0.1, 0.15) is 91.5 Å². The second kappa shape index (κ2) is 27.6. The largest absolute Gasteiger partial charge is 0.465 e. The van der Waals surface area contributed by atoms with Crippen LogP contribution in [0.5, 0.6) is 5.75 Å². The first-order valence-corrected chi connectivity index (χ1v) is 30.0. The average Bonchev–Trinajstić information content (AvgIpc) is 4.08. The van der Waals surface area contributed by atoms with Crippen molar-refractivity contribution in [2.45, 2.75) is 145 Å². The second-order valence-electron chi connectivity index (χ2n) is 20.8. The summed E-state index contributed by atoms with van der Waals surface area (Å²) in [5.74, 6) is -13.2. The van der Waals surface area contributed by atoms with Crippen LogP contribution in [0.25, 0.3) is 10.9 Å². The minimum Gasteiger partial charge on any atom is -0.465 e. The summed E-state index contributed by atoms with van der Waals surface area (Å²) in [5, 5.41) is 48.9. The lowest BCUT2D eigenvalue weighted by Gasteiger charge is -2.45. The maximum absolute atomic E-state index is 16.1. The number of nitrogens with zero attached hydrogens (tertiary/aromatic N) is 1. The van der Waals surface area contributed by atoms with Crippen LogP contribution in [0.4, 0.5) is 0 Å². The summed E-state index contributed by atoms with van der Waals surface area (Å²) in [6.45, 7) is 6.00. The number of fused-ring (bicyclic) bond motifs is 7. The van der Waals surface area contributed by atoms with Gasteiger partial charge in [-0.15, -0.1) is 0 Å². The highest BCUT2D eigenvalue weighted by Crippen LogP contribution is 2.41. The molecule has 0 aliphatic carbocycles. The maximum atomic E-state index is 16.1. The molecule has 5 heterocycles. The number of Topliss-reactive ketones (excluding diaryl/α,β-unsaturated/α-hetero) is 3. The topological polar surface area (TPSA) is 375 Å². The van der Waals surface area contributed by atoms with Crippen molar-refractivity contribution in [2.24, 2.45) is 29.4 Å². The normalized spacial score (nSPS) is 28.7. The number of amides is 7. The van der Waals surface area contributed by atoms with E-state index < -0.39 is 181 Å². The first-order chi connectivity index (χ1) is 37.0. The minimum absolute atomic E-state index is 0.00455. The number of hydrogen-bond acceptors (Lipinski definition) is 18. The zero-order valence-corrected chi connectivity index (χ0v) is 46.8. The van der Waals surface area contributed by atoms with Crippen LogP contribution in [0.15, 0.2) is 23.2 Å². The molecule has 6 rings (SSSR count). The number of aliphatic hydroxyl groups is 3. The molecule has 0 radical (unpaired) electrons. The number of H-pyrrole nitrogens is 1. The van der Waals surface area contributed by atoms with Gasteiger partial charge in [-0.1, -0.05) is 55.7 Å². The standard InChI is InChI=1S/C51H73N9O15S3/c1-6-25(2)44-49(73)55-20-42(68)56-36-24-78(74)50-34-14-30(47(71)54-21-43(69)58-44)16-39(65)45(27(4)40(66)23-61)59-48(72)37-18-31(63)22-60(37)51(46(70)29(15-38(36)64)17-41(52)67,75-32-8-9-33(34)35(19-32)57-50)11-7-13-76-77-26(3)10-12-53-28(5)62/h8-9,19,25-27,29-31,36-37,40,44-45,57,61,63,66H,6-7,10-18,20-24H2,1-5H3,(H2,52,67)(H,53,62)(H,54,71)(H,55,73)(H,56,68)(H,58,69)(H,59,72)/t25-,26?,27-,29-,30+,31?,36?,37-,40-,44-,45-,51?,78+/m0/s1. The van der Waals surface area contributed by atoms with Gasteiger partial charge in [0.05, 0.1) is 72.1 Å². The van der Waals surface area contributed by atoms with E-state index in [-0.39, 0.29) is 58.7 Å². The lowest BCUT2D eigenvalue weighted by Crippen LogP contribution is -2.65. The molecule has 4 aliphatic heterocycles. The Kier molecular flexibility index (Phi) is 21.9. The summed E-state index contributed by atoms with van der Waals surface area (Å²) in [6, 6.07) is -1.50. The molecular weight excluding hydrogens is 1070 g/mol. The van der Waals surface area contributed by atoms with Crippen molar-refractivity contribution >= 4 is 102 Å². The molecule has 4 aliphatic rings. The van der Waals surface area contributed by atoms with Gasteiger partial charge in [-0.2, -0.15) is 0 Å². The number of nitrogens with two attached hydrogens (primary N) is 1. The van der Waals surface area contributed by atoms with Gasteiger partial charge in [-0.25, -0.2) is 4.90 Å². The fourth-order valence-corrected chi connectivity index (χ4v) is 14.2. The molecule has 12 N–H and O–H groups in total. The highest BCUT2D eigenvalue weighted by atomic mass is 33.1. The number of aromatic amines is 1. The lowest BCUT2D eigenvalue weighted by molar-refractivity contribution is -0.168. The molecule has 2 aromatic rings. The molecule has 4 unspecified atom stereocenters. The number of ether oxygens (including phenoxy) is 1. The van der Waals surface area contributed by atoms with Crippen LogP contribution in [-0.2, 0) is 65.2 Å². The highest BCUT2D eigenvalue weighted by Gasteiger charge is 2.57. The number of aliphatic hydroxyl groups excluding tert-OH is 3. The van der Waals surface area contributed by atoms with Crippen LogP contribution in [0, 0.1) is 23.7 Å². The molecule has 8 bridgehead atoms. The number of nitrogens with one attached hydrogen (secondary N) is 7. The number of carbonyl (C=O) groups is 10. The fourth-order valence-electron chi connectivity index (χ4n) is 10.4. The van der Waals surface area contributed by atoms with E-state index in [0.717, 1.165) is 0 Å². The van der Waals surface area contributed by atoms with Crippen molar-refractivity contribution in [3.8, 4) is 5.75 Å². The minimum atomic E-state index is -2.33. The van der Waals surface area contributed by atoms with E-state index in [4.69, 9.17) is 10.5 Å². The molecule has 430 valence electrons. The van der Waals surface area contributed by atoms with Gasteiger partial charge in [0.2, 0.25) is 47.1 Å². The number of carbonyl (C=O) groups excluding carboxylic acids is 10. The number of rotatable bonds is 16. The Hall–Kier alpha value is -5.45. The Morgan fingerprint density at radius 3 is 2.33 bits per heavy atom. The third-order valence-corrected chi connectivity index (χ3v) is 19.4. The summed E-state index contributed by atoms with van der Waals surface area (Å²) in [4.78, 5) is 146. The SMILES string of the molecule is CC[C@H](C)[C@@H]1NC(=O)CNC(=O)[C@H]2CC(=O)[C@H]([C@@H](C)[C@@H](O)CO)NC(=O)[C@@H]3CC(O)CN3C3(CCCSSC(C)CCNC(C)=O)Oc4ccc5c(c([nH]c5c4)[S@](=O)CC(NC(=O)CNC1=O)C(=O)C[C@@H](CC(N)=O)C3=O)C2. The number of benzene rings is 1. The van der Waals surface area contributed by atoms with E-state index in [1.807, 2.05) is 6.92 Å². The van der Waals surface area contributed by atoms with Crippen LogP contribution in [-0.4, -0.2) is 180 Å². The van der Waals surface area contributed by atoms with E-state index in [1.165, 1.54) is 52.5 Å². The van der Waals surface area contributed by atoms with Gasteiger partial charge in [0.1, 0.15) is 16.8 Å². The van der Waals surface area contributed by atoms with Crippen LogP contribution in [0.2, 0.25) is 0 Å². The third-order valence-electron chi connectivity index (χ3n) is 14.9. The van der Waals surface area contributed by atoms with E-state index in [0.29, 0.717) is 30.5 Å². The van der Waals surface area contributed by atoms with Gasteiger partial charge in [0.25, 0.3) is 0 Å². The Morgan fingerprint density at radius 2 is 1.65 bits per heavy atom. The fraction of sp³-hybridized carbons (Fsp3) is 0.647. The van der Waals surface area contributed by atoms with Crippen molar-refractivity contribution in [3.63, 3.8) is 0 Å². The van der Waals surface area contributed by atoms with E-state index in [9.17, 15) is 53.7 Å². The predicted octanol–water partition coefficient (Wildman–Crippen LogP) is -1.24. The number of primary amides is 1. The van der Waals surface area contributed by atoms with Crippen LogP contribution in [0.3, 0.4) is 0 Å². The summed E-state index contributed by atoms with van der Waals surface area (Å²) < 4.78 is 22.0. The molecule has 1 fully saturated rings. The summed E-state index contributed by atoms with van der Waals surface area (Å²) in [5.41, 5.74) is 3.96. The molecule has 78 heavy (non-hydrogen) atoms. The summed E-state index contributed by atoms with van der Waals surface area (Å²) in [6.07, 6.45) is -4.97. The Morgan fingerprint density at radius 1 is 0.949 bits per heavy atom. The molecule has 1 aromatic carbocycles.